The molecule has 3 N–H and O–H groups in total. The lowest BCUT2D eigenvalue weighted by molar-refractivity contribution is -0.137. The maximum absolute atomic E-state index is 14.2. The lowest BCUT2D eigenvalue weighted by Gasteiger charge is -2.24. The maximum atomic E-state index is 14.2. The molecule has 1 amide bonds. The number of nitrogens with zero attached hydrogens (tertiary/aromatic N) is 4. The molecule has 2 heterocycles. The van der Waals surface area contributed by atoms with E-state index in [1.807, 2.05) is 30.9 Å². The topological polar surface area (TPSA) is 89.2 Å². The highest BCUT2D eigenvalue weighted by Gasteiger charge is 2.36. The average Bonchev–Trinajstić information content (AvgIpc) is 3.27. The molecule has 38 heavy (non-hydrogen) atoms. The van der Waals surface area contributed by atoms with Gasteiger partial charge < -0.3 is 25.4 Å². The predicted octanol–water partition coefficient (Wildman–Crippen LogP) is 5.48. The molecular formula is C26H27F4N7O. The van der Waals surface area contributed by atoms with Crippen molar-refractivity contribution < 1.29 is 22.4 Å². The van der Waals surface area contributed by atoms with E-state index < -0.39 is 23.3 Å². The normalized spacial score (nSPS) is 11.7. The minimum absolute atomic E-state index is 0.0812. The lowest BCUT2D eigenvalue weighted by atomic mass is 10.1. The van der Waals surface area contributed by atoms with Crippen LogP contribution in [0.3, 0.4) is 0 Å². The molecule has 0 aliphatic heterocycles. The molecule has 200 valence electrons. The van der Waals surface area contributed by atoms with Crippen LogP contribution >= 0.6 is 0 Å². The van der Waals surface area contributed by atoms with Crippen molar-refractivity contribution >= 4 is 39.8 Å². The van der Waals surface area contributed by atoms with Crippen molar-refractivity contribution in [3.63, 3.8) is 0 Å². The number of anilines is 4. The molecule has 2 aromatic heterocycles. The maximum Gasteiger partial charge on any atom is 0.419 e. The van der Waals surface area contributed by atoms with Crippen LogP contribution in [0.2, 0.25) is 0 Å². The molecule has 0 fully saturated rings. The van der Waals surface area contributed by atoms with Gasteiger partial charge >= 0.3 is 6.18 Å². The van der Waals surface area contributed by atoms with E-state index in [0.29, 0.717) is 24.1 Å². The number of benzene rings is 2. The highest BCUT2D eigenvalue weighted by molar-refractivity contribution is 5.96. The van der Waals surface area contributed by atoms with Crippen LogP contribution in [0, 0.1) is 5.82 Å². The second-order valence-corrected chi connectivity index (χ2v) is 9.08. The summed E-state index contributed by atoms with van der Waals surface area (Å²) in [4.78, 5) is 26.6. The van der Waals surface area contributed by atoms with E-state index in [1.54, 1.807) is 18.2 Å². The molecule has 0 spiro atoms. The van der Waals surface area contributed by atoms with Gasteiger partial charge in [-0.05, 0) is 38.4 Å². The number of hydrogen-bond acceptors (Lipinski definition) is 6. The number of aromatic nitrogens is 3. The molecule has 0 bridgehead atoms. The van der Waals surface area contributed by atoms with E-state index in [2.05, 4.69) is 25.6 Å². The number of halogens is 4. The van der Waals surface area contributed by atoms with Gasteiger partial charge in [0.05, 0.1) is 22.6 Å². The van der Waals surface area contributed by atoms with Gasteiger partial charge in [0.2, 0.25) is 11.9 Å². The fraction of sp³-hybridized carbons (Fsp3) is 0.269. The zero-order valence-electron chi connectivity index (χ0n) is 21.2. The monoisotopic (exact) mass is 529 g/mol. The van der Waals surface area contributed by atoms with E-state index in [9.17, 15) is 22.4 Å². The third-order valence-corrected chi connectivity index (χ3v) is 5.87. The molecule has 4 rings (SSSR count). The summed E-state index contributed by atoms with van der Waals surface area (Å²) in [6.07, 6.45) is -2.74. The van der Waals surface area contributed by atoms with Crippen molar-refractivity contribution in [3.8, 4) is 11.3 Å². The first-order valence-corrected chi connectivity index (χ1v) is 11.7. The number of rotatable bonds is 8. The molecule has 8 nitrogen and oxygen atoms in total. The molecule has 12 heteroatoms. The number of likely N-dealkylation sites (N-methyl/N-ethyl adjacent to an activating group) is 2. The van der Waals surface area contributed by atoms with Crippen LogP contribution in [-0.4, -0.2) is 60.0 Å². The number of para-hydroxylation sites is 1. The fourth-order valence-electron chi connectivity index (χ4n) is 4.00. The SMILES string of the molecule is CC(=O)Nc1cc(Nc2ncc(C(F)(F)F)c(-c3c[nH]c4c(F)cccc34)n2)ccc1N(C)CCN(C)C. The molecule has 2 aromatic carbocycles. The molecule has 0 atom stereocenters. The van der Waals surface area contributed by atoms with Crippen LogP contribution in [0.4, 0.5) is 40.6 Å². The van der Waals surface area contributed by atoms with Crippen molar-refractivity contribution in [2.75, 3.05) is 49.8 Å². The smallest absolute Gasteiger partial charge is 0.372 e. The highest BCUT2D eigenvalue weighted by atomic mass is 19.4. The number of amides is 1. The quantitative estimate of drug-likeness (QED) is 0.262. The van der Waals surface area contributed by atoms with Crippen LogP contribution in [0.15, 0.2) is 48.8 Å². The summed E-state index contributed by atoms with van der Waals surface area (Å²) in [6, 6.07) is 9.32. The number of nitrogens with one attached hydrogen (secondary N) is 3. The third kappa shape index (κ3) is 5.86. The van der Waals surface area contributed by atoms with E-state index >= 15 is 0 Å². The summed E-state index contributed by atoms with van der Waals surface area (Å²) in [7, 11) is 5.81. The molecule has 0 saturated carbocycles. The Morgan fingerprint density at radius 2 is 1.87 bits per heavy atom. The van der Waals surface area contributed by atoms with Crippen molar-refractivity contribution in [1.29, 1.82) is 0 Å². The van der Waals surface area contributed by atoms with Crippen molar-refractivity contribution in [1.82, 2.24) is 19.9 Å². The van der Waals surface area contributed by atoms with Crippen molar-refractivity contribution in [2.24, 2.45) is 0 Å². The van der Waals surface area contributed by atoms with Gasteiger partial charge in [-0.15, -0.1) is 0 Å². The zero-order valence-corrected chi connectivity index (χ0v) is 21.2. The molecule has 0 aliphatic carbocycles. The number of H-pyrrole nitrogens is 1. The Labute approximate surface area is 216 Å². The molecule has 4 aromatic rings. The number of carbonyl (C=O) groups excluding carboxylic acids is 1. The second-order valence-electron chi connectivity index (χ2n) is 9.08. The minimum Gasteiger partial charge on any atom is -0.372 e. The Hall–Kier alpha value is -4.19. The number of hydrogen-bond donors (Lipinski definition) is 3. The Bertz CT molecular complexity index is 1470. The Morgan fingerprint density at radius 1 is 1.11 bits per heavy atom. The third-order valence-electron chi connectivity index (χ3n) is 5.87. The zero-order chi connectivity index (χ0) is 27.6. The van der Waals surface area contributed by atoms with Gasteiger partial charge in [-0.2, -0.15) is 13.2 Å². The molecule has 0 radical (unpaired) electrons. The summed E-state index contributed by atoms with van der Waals surface area (Å²) in [5.41, 5.74) is 0.463. The van der Waals surface area contributed by atoms with E-state index in [4.69, 9.17) is 0 Å². The minimum atomic E-state index is -4.73. The summed E-state index contributed by atoms with van der Waals surface area (Å²) in [5.74, 6) is -0.957. The Kier molecular flexibility index (Phi) is 7.53. The molecule has 0 unspecified atom stereocenters. The van der Waals surface area contributed by atoms with E-state index in [1.165, 1.54) is 31.3 Å². The number of carbonyl (C=O) groups is 1. The molecular weight excluding hydrogens is 502 g/mol. The summed E-state index contributed by atoms with van der Waals surface area (Å²) >= 11 is 0. The fourth-order valence-corrected chi connectivity index (χ4v) is 4.00. The van der Waals surface area contributed by atoms with Gasteiger partial charge in [-0.3, -0.25) is 4.79 Å². The van der Waals surface area contributed by atoms with Crippen LogP contribution in [0.1, 0.15) is 12.5 Å². The average molecular weight is 530 g/mol. The van der Waals surface area contributed by atoms with Crippen molar-refractivity contribution in [3.05, 3.63) is 60.2 Å². The van der Waals surface area contributed by atoms with Crippen LogP contribution in [0.5, 0.6) is 0 Å². The number of fused-ring (bicyclic) bond motifs is 1. The van der Waals surface area contributed by atoms with Crippen LogP contribution < -0.4 is 15.5 Å². The first kappa shape index (κ1) is 26.9. The first-order chi connectivity index (χ1) is 17.9. The van der Waals surface area contributed by atoms with Gasteiger partial charge in [0, 0.05) is 56.1 Å². The van der Waals surface area contributed by atoms with Crippen LogP contribution in [0.25, 0.3) is 22.2 Å². The van der Waals surface area contributed by atoms with Gasteiger partial charge in [-0.25, -0.2) is 14.4 Å². The highest BCUT2D eigenvalue weighted by Crippen LogP contribution is 2.39. The van der Waals surface area contributed by atoms with E-state index in [0.717, 1.165) is 12.2 Å². The largest absolute Gasteiger partial charge is 0.419 e. The summed E-state index contributed by atoms with van der Waals surface area (Å²) < 4.78 is 55.7. The Morgan fingerprint density at radius 3 is 2.55 bits per heavy atom. The van der Waals surface area contributed by atoms with Gasteiger partial charge in [-0.1, -0.05) is 12.1 Å². The summed E-state index contributed by atoms with van der Waals surface area (Å²) in [5, 5.41) is 5.98. The standard InChI is InChI=1S/C26H27F4N7O/c1-15(38)33-21-12-16(8-9-22(21)37(4)11-10-36(2)3)34-25-32-14-19(26(28,29)30)23(35-25)18-13-31-24-17(18)6-5-7-20(24)27/h5-9,12-14,31H,10-11H2,1-4H3,(H,33,38)(H,32,34,35). The number of alkyl halides is 3. The van der Waals surface area contributed by atoms with Gasteiger partial charge in [0.1, 0.15) is 11.4 Å². The second kappa shape index (κ2) is 10.7. The lowest BCUT2D eigenvalue weighted by Crippen LogP contribution is -2.29. The van der Waals surface area contributed by atoms with Gasteiger partial charge in [0.15, 0.2) is 0 Å². The summed E-state index contributed by atoms with van der Waals surface area (Å²) in [6.45, 7) is 2.87. The molecule has 0 aliphatic rings. The van der Waals surface area contributed by atoms with Crippen molar-refractivity contribution in [2.45, 2.75) is 13.1 Å². The van der Waals surface area contributed by atoms with Gasteiger partial charge in [0.25, 0.3) is 0 Å². The first-order valence-electron chi connectivity index (χ1n) is 11.7. The van der Waals surface area contributed by atoms with Crippen LogP contribution in [-0.2, 0) is 11.0 Å². The predicted molar refractivity (Wildman–Crippen MR) is 140 cm³/mol. The van der Waals surface area contributed by atoms with E-state index in [-0.39, 0.29) is 28.3 Å². The molecule has 0 saturated heterocycles. The number of aromatic amines is 1. The Balaban J connectivity index is 1.72.